The first-order chi connectivity index (χ1) is 10.1. The number of halogens is 2. The average molecular weight is 320 g/mol. The van der Waals surface area contributed by atoms with Gasteiger partial charge in [0.1, 0.15) is 0 Å². The second-order valence-electron chi connectivity index (χ2n) is 5.83. The van der Waals surface area contributed by atoms with Crippen molar-refractivity contribution in [3.05, 3.63) is 69.7 Å². The Labute approximate surface area is 136 Å². The van der Waals surface area contributed by atoms with Crippen molar-refractivity contribution >= 4 is 23.2 Å². The van der Waals surface area contributed by atoms with E-state index in [1.54, 1.807) is 0 Å². The predicted octanol–water partition coefficient (Wildman–Crippen LogP) is 5.59. The van der Waals surface area contributed by atoms with Crippen LogP contribution in [0.1, 0.15) is 42.9 Å². The lowest BCUT2D eigenvalue weighted by atomic mass is 9.75. The van der Waals surface area contributed by atoms with Gasteiger partial charge in [-0.2, -0.15) is 0 Å². The molecule has 0 bridgehead atoms. The number of rotatable bonds is 4. The number of benzene rings is 2. The summed E-state index contributed by atoms with van der Waals surface area (Å²) < 4.78 is 0. The molecule has 2 aromatic rings. The lowest BCUT2D eigenvalue weighted by Gasteiger charge is -2.38. The van der Waals surface area contributed by atoms with Gasteiger partial charge in [0.25, 0.3) is 0 Å². The van der Waals surface area contributed by atoms with Gasteiger partial charge in [0, 0.05) is 22.1 Å². The Morgan fingerprint density at radius 2 is 1.81 bits per heavy atom. The van der Waals surface area contributed by atoms with Crippen molar-refractivity contribution in [1.82, 2.24) is 5.32 Å². The summed E-state index contributed by atoms with van der Waals surface area (Å²) in [6, 6.07) is 17.1. The molecule has 3 rings (SSSR count). The first kappa shape index (κ1) is 14.9. The zero-order valence-electron chi connectivity index (χ0n) is 12.0. The zero-order valence-corrected chi connectivity index (χ0v) is 13.5. The van der Waals surface area contributed by atoms with Gasteiger partial charge in [-0.3, -0.25) is 0 Å². The summed E-state index contributed by atoms with van der Waals surface area (Å²) in [7, 11) is 0. The highest BCUT2D eigenvalue weighted by atomic mass is 35.5. The molecule has 0 aliphatic heterocycles. The summed E-state index contributed by atoms with van der Waals surface area (Å²) >= 11 is 12.3. The van der Waals surface area contributed by atoms with E-state index in [9.17, 15) is 0 Å². The average Bonchev–Trinajstić information content (AvgIpc) is 2.43. The summed E-state index contributed by atoms with van der Waals surface area (Å²) in [6.45, 7) is 2.19. The lowest BCUT2D eigenvalue weighted by molar-refractivity contribution is 0.271. The van der Waals surface area contributed by atoms with E-state index in [0.717, 1.165) is 22.9 Å². The Hall–Kier alpha value is -1.02. The molecule has 0 saturated heterocycles. The minimum atomic E-state index is 0.320. The van der Waals surface area contributed by atoms with Crippen LogP contribution in [0.5, 0.6) is 0 Å². The minimum absolute atomic E-state index is 0.320. The van der Waals surface area contributed by atoms with Gasteiger partial charge in [0.05, 0.1) is 0 Å². The Balaban J connectivity index is 1.56. The fourth-order valence-corrected chi connectivity index (χ4v) is 3.53. The van der Waals surface area contributed by atoms with Crippen LogP contribution in [0, 0.1) is 0 Å². The van der Waals surface area contributed by atoms with E-state index in [2.05, 4.69) is 30.4 Å². The van der Waals surface area contributed by atoms with E-state index in [0.29, 0.717) is 18.0 Å². The summed E-state index contributed by atoms with van der Waals surface area (Å²) in [4.78, 5) is 0. The Bertz CT molecular complexity index is 620. The predicted molar refractivity (Wildman–Crippen MR) is 90.2 cm³/mol. The molecule has 21 heavy (non-hydrogen) atoms. The van der Waals surface area contributed by atoms with E-state index in [4.69, 9.17) is 23.2 Å². The lowest BCUT2D eigenvalue weighted by Crippen LogP contribution is -2.41. The SMILES string of the molecule is C[C@@H](NC1CC(c2ccccc2Cl)C1)c1cccc(Cl)c1. The monoisotopic (exact) mass is 319 g/mol. The van der Waals surface area contributed by atoms with Gasteiger partial charge in [0.15, 0.2) is 0 Å². The van der Waals surface area contributed by atoms with Crippen LogP contribution < -0.4 is 5.32 Å². The molecular weight excluding hydrogens is 301 g/mol. The van der Waals surface area contributed by atoms with Crippen LogP contribution in [0.4, 0.5) is 0 Å². The molecule has 1 atom stereocenters. The summed E-state index contributed by atoms with van der Waals surface area (Å²) in [5, 5.41) is 5.36. The molecule has 3 heteroatoms. The van der Waals surface area contributed by atoms with Crippen molar-refractivity contribution in [2.45, 2.75) is 37.8 Å². The normalized spacial score (nSPS) is 22.6. The largest absolute Gasteiger partial charge is 0.307 e. The molecule has 1 nitrogen and oxygen atoms in total. The first-order valence-electron chi connectivity index (χ1n) is 7.39. The highest BCUT2D eigenvalue weighted by Crippen LogP contribution is 2.40. The highest BCUT2D eigenvalue weighted by Gasteiger charge is 2.32. The van der Waals surface area contributed by atoms with Crippen LogP contribution in [0.25, 0.3) is 0 Å². The second kappa shape index (κ2) is 6.39. The van der Waals surface area contributed by atoms with E-state index in [1.807, 2.05) is 30.3 Å². The van der Waals surface area contributed by atoms with Gasteiger partial charge in [0.2, 0.25) is 0 Å². The fraction of sp³-hybridized carbons (Fsp3) is 0.333. The molecule has 1 saturated carbocycles. The number of nitrogens with one attached hydrogen (secondary N) is 1. The van der Waals surface area contributed by atoms with Crippen LogP contribution in [0.15, 0.2) is 48.5 Å². The van der Waals surface area contributed by atoms with Gasteiger partial charge < -0.3 is 5.32 Å². The summed E-state index contributed by atoms with van der Waals surface area (Å²) in [5.41, 5.74) is 2.52. The van der Waals surface area contributed by atoms with Crippen LogP contribution in [0.2, 0.25) is 10.0 Å². The standard InChI is InChI=1S/C18H19Cl2N/c1-12(13-5-4-6-15(19)9-13)21-16-10-14(11-16)17-7-2-3-8-18(17)20/h2-9,12,14,16,21H,10-11H2,1H3/t12-,14?,16?/m1/s1. The van der Waals surface area contributed by atoms with Crippen molar-refractivity contribution in [3.8, 4) is 0 Å². The number of hydrogen-bond donors (Lipinski definition) is 1. The van der Waals surface area contributed by atoms with E-state index in [-0.39, 0.29) is 0 Å². The quantitative estimate of drug-likeness (QED) is 0.774. The molecule has 110 valence electrons. The zero-order chi connectivity index (χ0) is 14.8. The fourth-order valence-electron chi connectivity index (χ4n) is 3.04. The molecule has 0 unspecified atom stereocenters. The van der Waals surface area contributed by atoms with E-state index < -0.39 is 0 Å². The third-order valence-electron chi connectivity index (χ3n) is 4.32. The molecule has 0 amide bonds. The molecule has 1 N–H and O–H groups in total. The van der Waals surface area contributed by atoms with Crippen LogP contribution in [0.3, 0.4) is 0 Å². The molecular formula is C18H19Cl2N. The van der Waals surface area contributed by atoms with Gasteiger partial charge >= 0.3 is 0 Å². The molecule has 2 aromatic carbocycles. The Morgan fingerprint density at radius 1 is 1.05 bits per heavy atom. The summed E-state index contributed by atoms with van der Waals surface area (Å²) in [6.07, 6.45) is 2.29. The van der Waals surface area contributed by atoms with E-state index >= 15 is 0 Å². The molecule has 1 fully saturated rings. The van der Waals surface area contributed by atoms with Crippen molar-refractivity contribution in [1.29, 1.82) is 0 Å². The highest BCUT2D eigenvalue weighted by molar-refractivity contribution is 6.31. The summed E-state index contributed by atoms with van der Waals surface area (Å²) in [5.74, 6) is 0.586. The van der Waals surface area contributed by atoms with Crippen LogP contribution in [-0.2, 0) is 0 Å². The molecule has 1 aliphatic carbocycles. The van der Waals surface area contributed by atoms with Gasteiger partial charge in [-0.05, 0) is 55.0 Å². The van der Waals surface area contributed by atoms with Crippen molar-refractivity contribution in [2.24, 2.45) is 0 Å². The maximum absolute atomic E-state index is 6.26. The molecule has 0 radical (unpaired) electrons. The Morgan fingerprint density at radius 3 is 2.52 bits per heavy atom. The van der Waals surface area contributed by atoms with Crippen molar-refractivity contribution in [2.75, 3.05) is 0 Å². The van der Waals surface area contributed by atoms with Gasteiger partial charge in [-0.15, -0.1) is 0 Å². The van der Waals surface area contributed by atoms with Crippen molar-refractivity contribution < 1.29 is 0 Å². The molecule has 1 aliphatic rings. The molecule has 0 spiro atoms. The maximum Gasteiger partial charge on any atom is 0.0440 e. The van der Waals surface area contributed by atoms with Crippen molar-refractivity contribution in [3.63, 3.8) is 0 Å². The molecule has 0 heterocycles. The second-order valence-corrected chi connectivity index (χ2v) is 6.67. The Kier molecular flexibility index (Phi) is 4.54. The molecule has 0 aromatic heterocycles. The minimum Gasteiger partial charge on any atom is -0.307 e. The van der Waals surface area contributed by atoms with Gasteiger partial charge in [-0.25, -0.2) is 0 Å². The van der Waals surface area contributed by atoms with Gasteiger partial charge in [-0.1, -0.05) is 53.5 Å². The maximum atomic E-state index is 6.26. The van der Waals surface area contributed by atoms with Crippen LogP contribution >= 0.6 is 23.2 Å². The van der Waals surface area contributed by atoms with E-state index in [1.165, 1.54) is 11.1 Å². The van der Waals surface area contributed by atoms with Crippen LogP contribution in [-0.4, -0.2) is 6.04 Å². The third-order valence-corrected chi connectivity index (χ3v) is 4.90. The first-order valence-corrected chi connectivity index (χ1v) is 8.15. The number of hydrogen-bond acceptors (Lipinski definition) is 1. The third kappa shape index (κ3) is 3.42. The topological polar surface area (TPSA) is 12.0 Å². The smallest absolute Gasteiger partial charge is 0.0440 e.